The average molecular weight is 499 g/mol. The second kappa shape index (κ2) is 11.6. The molecule has 7 heteroatoms. The molecule has 2 aromatic rings. The van der Waals surface area contributed by atoms with Crippen molar-refractivity contribution >= 4 is 40.8 Å². The van der Waals surface area contributed by atoms with Gasteiger partial charge in [0.15, 0.2) is 5.96 Å². The minimum absolute atomic E-state index is 0. The first-order chi connectivity index (χ1) is 13.2. The van der Waals surface area contributed by atoms with Gasteiger partial charge in [0, 0.05) is 56.9 Å². The maximum Gasteiger partial charge on any atom is 0.191 e. The Hall–Kier alpha value is -1.32. The first-order valence-corrected chi connectivity index (χ1v) is 9.99. The Labute approximate surface area is 185 Å². The van der Waals surface area contributed by atoms with Crippen molar-refractivity contribution in [1.29, 1.82) is 0 Å². The molecular weight excluding hydrogens is 465 g/mol. The van der Waals surface area contributed by atoms with Gasteiger partial charge >= 0.3 is 0 Å². The van der Waals surface area contributed by atoms with Crippen LogP contribution in [-0.4, -0.2) is 68.3 Å². The molecule has 0 bridgehead atoms. The highest BCUT2D eigenvalue weighted by molar-refractivity contribution is 14.0. The Morgan fingerprint density at radius 1 is 1.32 bits per heavy atom. The van der Waals surface area contributed by atoms with Crippen molar-refractivity contribution in [3.8, 4) is 0 Å². The monoisotopic (exact) mass is 499 g/mol. The molecule has 1 saturated heterocycles. The van der Waals surface area contributed by atoms with Crippen LogP contribution in [0.1, 0.15) is 19.4 Å². The number of H-pyrrole nitrogens is 1. The molecule has 0 amide bonds. The lowest BCUT2D eigenvalue weighted by atomic mass is 10.1. The average Bonchev–Trinajstić information content (AvgIpc) is 3.07. The van der Waals surface area contributed by atoms with Crippen LogP contribution in [0.15, 0.2) is 35.5 Å². The smallest absolute Gasteiger partial charge is 0.191 e. The minimum atomic E-state index is 0. The van der Waals surface area contributed by atoms with Crippen molar-refractivity contribution in [2.45, 2.75) is 26.4 Å². The molecule has 3 N–H and O–H groups in total. The lowest BCUT2D eigenvalue weighted by molar-refractivity contribution is -0.0284. The van der Waals surface area contributed by atoms with Crippen LogP contribution in [-0.2, 0) is 11.2 Å². The number of nitrogens with zero attached hydrogens (tertiary/aromatic N) is 2. The van der Waals surface area contributed by atoms with Gasteiger partial charge in [-0.05, 0) is 24.0 Å². The molecule has 0 spiro atoms. The maximum atomic E-state index is 5.91. The second-order valence-electron chi connectivity index (χ2n) is 7.64. The van der Waals surface area contributed by atoms with E-state index in [1.165, 1.54) is 16.5 Å². The number of hydrogen-bond donors (Lipinski definition) is 3. The van der Waals surface area contributed by atoms with Crippen LogP contribution >= 0.6 is 24.0 Å². The molecule has 1 aromatic carbocycles. The van der Waals surface area contributed by atoms with Gasteiger partial charge in [-0.15, -0.1) is 24.0 Å². The number of ether oxygens (including phenoxy) is 1. The van der Waals surface area contributed by atoms with Crippen molar-refractivity contribution in [3.05, 3.63) is 36.0 Å². The number of fused-ring (bicyclic) bond motifs is 1. The van der Waals surface area contributed by atoms with E-state index in [0.717, 1.165) is 51.7 Å². The van der Waals surface area contributed by atoms with Gasteiger partial charge in [0.2, 0.25) is 0 Å². The quantitative estimate of drug-likeness (QED) is 0.312. The number of guanidine groups is 1. The molecular formula is C21H34IN5O. The SMILES string of the molecule is CN=C(NCCc1c[nH]c2ccccc12)NCC1CN(CC(C)C)CCO1.I. The Balaban J connectivity index is 0.00000280. The third kappa shape index (κ3) is 6.63. The Morgan fingerprint density at radius 2 is 2.14 bits per heavy atom. The zero-order valence-electron chi connectivity index (χ0n) is 17.2. The predicted octanol–water partition coefficient (Wildman–Crippen LogP) is 2.85. The number of benzene rings is 1. The highest BCUT2D eigenvalue weighted by Crippen LogP contribution is 2.17. The Kier molecular flexibility index (Phi) is 9.53. The van der Waals surface area contributed by atoms with Crippen molar-refractivity contribution in [3.63, 3.8) is 0 Å². The maximum absolute atomic E-state index is 5.91. The Bertz CT molecular complexity index is 745. The summed E-state index contributed by atoms with van der Waals surface area (Å²) in [5.74, 6) is 1.52. The van der Waals surface area contributed by atoms with E-state index in [1.807, 2.05) is 7.05 Å². The van der Waals surface area contributed by atoms with Gasteiger partial charge < -0.3 is 20.4 Å². The van der Waals surface area contributed by atoms with Crippen molar-refractivity contribution in [2.75, 3.05) is 46.4 Å². The Morgan fingerprint density at radius 3 is 2.93 bits per heavy atom. The normalized spacial score (nSPS) is 18.3. The molecule has 2 heterocycles. The zero-order chi connectivity index (χ0) is 19.1. The fourth-order valence-corrected chi connectivity index (χ4v) is 3.67. The molecule has 28 heavy (non-hydrogen) atoms. The van der Waals surface area contributed by atoms with E-state index in [0.29, 0.717) is 5.92 Å². The molecule has 0 radical (unpaired) electrons. The van der Waals surface area contributed by atoms with Gasteiger partial charge in [0.25, 0.3) is 0 Å². The lowest BCUT2D eigenvalue weighted by Crippen LogP contribution is -2.50. The number of rotatable bonds is 7. The molecule has 3 rings (SSSR count). The molecule has 1 aliphatic rings. The molecule has 1 aliphatic heterocycles. The number of aliphatic imine (C=N–C) groups is 1. The number of aromatic amines is 1. The van der Waals surface area contributed by atoms with Crippen LogP contribution in [0.5, 0.6) is 0 Å². The molecule has 6 nitrogen and oxygen atoms in total. The summed E-state index contributed by atoms with van der Waals surface area (Å²) in [6.45, 7) is 10.1. The topological polar surface area (TPSA) is 64.7 Å². The summed E-state index contributed by atoms with van der Waals surface area (Å²) in [4.78, 5) is 10.2. The van der Waals surface area contributed by atoms with Crippen molar-refractivity contribution < 1.29 is 4.74 Å². The van der Waals surface area contributed by atoms with Gasteiger partial charge in [-0.1, -0.05) is 32.0 Å². The molecule has 0 aliphatic carbocycles. The van der Waals surface area contributed by atoms with E-state index in [1.54, 1.807) is 0 Å². The summed E-state index contributed by atoms with van der Waals surface area (Å²) in [5.41, 5.74) is 2.52. The molecule has 0 saturated carbocycles. The number of halogens is 1. The number of morpholine rings is 1. The van der Waals surface area contributed by atoms with Crippen LogP contribution in [0.25, 0.3) is 10.9 Å². The lowest BCUT2D eigenvalue weighted by Gasteiger charge is -2.34. The van der Waals surface area contributed by atoms with Crippen molar-refractivity contribution in [2.24, 2.45) is 10.9 Å². The summed E-state index contributed by atoms with van der Waals surface area (Å²) in [7, 11) is 1.81. The third-order valence-electron chi connectivity index (χ3n) is 4.93. The fourth-order valence-electron chi connectivity index (χ4n) is 3.67. The standard InChI is InChI=1S/C21H33N5O.HI/c1-16(2)14-26-10-11-27-18(15-26)13-25-21(22-3)23-9-8-17-12-24-20-7-5-4-6-19(17)20;/h4-7,12,16,18,24H,8-11,13-15H2,1-3H3,(H2,22,23,25);1H. The first kappa shape index (κ1) is 23.0. The zero-order valence-corrected chi connectivity index (χ0v) is 19.5. The van der Waals surface area contributed by atoms with Gasteiger partial charge in [-0.3, -0.25) is 9.89 Å². The largest absolute Gasteiger partial charge is 0.374 e. The van der Waals surface area contributed by atoms with Crippen LogP contribution < -0.4 is 10.6 Å². The summed E-state index contributed by atoms with van der Waals surface area (Å²) in [5, 5.41) is 8.12. The number of nitrogens with one attached hydrogen (secondary N) is 3. The fraction of sp³-hybridized carbons (Fsp3) is 0.571. The molecule has 1 atom stereocenters. The third-order valence-corrected chi connectivity index (χ3v) is 4.93. The minimum Gasteiger partial charge on any atom is -0.374 e. The summed E-state index contributed by atoms with van der Waals surface area (Å²) in [6.07, 6.45) is 3.26. The van der Waals surface area contributed by atoms with E-state index in [2.05, 4.69) is 69.8 Å². The number of para-hydroxylation sites is 1. The van der Waals surface area contributed by atoms with Crippen LogP contribution in [0, 0.1) is 5.92 Å². The molecule has 1 fully saturated rings. The van der Waals surface area contributed by atoms with E-state index < -0.39 is 0 Å². The first-order valence-electron chi connectivity index (χ1n) is 9.99. The van der Waals surface area contributed by atoms with Gasteiger partial charge in [0.1, 0.15) is 0 Å². The van der Waals surface area contributed by atoms with Crippen LogP contribution in [0.3, 0.4) is 0 Å². The highest BCUT2D eigenvalue weighted by atomic mass is 127. The summed E-state index contributed by atoms with van der Waals surface area (Å²) >= 11 is 0. The molecule has 1 unspecified atom stereocenters. The van der Waals surface area contributed by atoms with Crippen molar-refractivity contribution in [1.82, 2.24) is 20.5 Å². The van der Waals surface area contributed by atoms with E-state index in [4.69, 9.17) is 4.74 Å². The van der Waals surface area contributed by atoms with E-state index in [-0.39, 0.29) is 30.1 Å². The summed E-state index contributed by atoms with van der Waals surface area (Å²) in [6, 6.07) is 8.42. The van der Waals surface area contributed by atoms with Gasteiger partial charge in [-0.2, -0.15) is 0 Å². The predicted molar refractivity (Wildman–Crippen MR) is 128 cm³/mol. The second-order valence-corrected chi connectivity index (χ2v) is 7.64. The highest BCUT2D eigenvalue weighted by Gasteiger charge is 2.21. The van der Waals surface area contributed by atoms with Gasteiger partial charge in [-0.25, -0.2) is 0 Å². The van der Waals surface area contributed by atoms with E-state index >= 15 is 0 Å². The van der Waals surface area contributed by atoms with Gasteiger partial charge in [0.05, 0.1) is 12.7 Å². The number of hydrogen-bond acceptors (Lipinski definition) is 3. The van der Waals surface area contributed by atoms with E-state index in [9.17, 15) is 0 Å². The summed E-state index contributed by atoms with van der Waals surface area (Å²) < 4.78 is 5.91. The molecule has 1 aromatic heterocycles. The van der Waals surface area contributed by atoms with Crippen LogP contribution in [0.2, 0.25) is 0 Å². The van der Waals surface area contributed by atoms with Crippen LogP contribution in [0.4, 0.5) is 0 Å². The molecule has 156 valence electrons. The number of aromatic nitrogens is 1.